The highest BCUT2D eigenvalue weighted by Gasteiger charge is 2.48. The van der Waals surface area contributed by atoms with Gasteiger partial charge < -0.3 is 19.8 Å². The maximum Gasteiger partial charge on any atom is 0.282 e. The second kappa shape index (κ2) is 9.77. The van der Waals surface area contributed by atoms with Gasteiger partial charge in [-0.05, 0) is 25.8 Å². The van der Waals surface area contributed by atoms with Crippen molar-refractivity contribution in [3.05, 3.63) is 53.7 Å². The largest absolute Gasteiger partial charge is 0.373 e. The number of nitrogens with one attached hydrogen (secondary N) is 1. The first-order valence-corrected chi connectivity index (χ1v) is 10.9. The summed E-state index contributed by atoms with van der Waals surface area (Å²) >= 11 is 0. The average molecular weight is 498 g/mol. The van der Waals surface area contributed by atoms with Crippen LogP contribution in [0.1, 0.15) is 36.9 Å². The molecule has 1 unspecified atom stereocenters. The van der Waals surface area contributed by atoms with Crippen molar-refractivity contribution in [1.82, 2.24) is 24.8 Å². The predicted molar refractivity (Wildman–Crippen MR) is 128 cm³/mol. The molecule has 1 atom stereocenters. The highest BCUT2D eigenvalue weighted by Crippen LogP contribution is 2.34. The number of halogens is 2. The number of carbonyl (C=O) groups excluding carboxylic acids is 1. The molecule has 11 nitrogen and oxygen atoms in total. The highest BCUT2D eigenvalue weighted by molar-refractivity contribution is 5.99. The minimum atomic E-state index is -2.75. The first kappa shape index (κ1) is 24.9. The molecule has 0 bridgehead atoms. The first-order valence-electron chi connectivity index (χ1n) is 10.9. The molecule has 0 aliphatic carbocycles. The van der Waals surface area contributed by atoms with Gasteiger partial charge in [-0.25, -0.2) is 23.7 Å². The lowest BCUT2D eigenvalue weighted by molar-refractivity contribution is -0.144. The normalized spacial score (nSPS) is 18.9. The SMILES string of the molecule is C=NC(=N/C(=C\C)c1cccc(-c2cc(C3(O)CCN(C)C3=O)on2)n1)Nc1cnn(C)c1C(F)F. The number of aromatic nitrogens is 4. The topological polar surface area (TPSA) is 134 Å². The number of likely N-dealkylation sites (tertiary alicyclic amines) is 1. The minimum absolute atomic E-state index is 0.0278. The first-order chi connectivity index (χ1) is 17.2. The van der Waals surface area contributed by atoms with E-state index in [1.807, 2.05) is 0 Å². The van der Waals surface area contributed by atoms with Crippen LogP contribution in [0.15, 0.2) is 51.0 Å². The van der Waals surface area contributed by atoms with E-state index >= 15 is 0 Å². The molecular weight excluding hydrogens is 474 g/mol. The van der Waals surface area contributed by atoms with Gasteiger partial charge in [0.25, 0.3) is 12.3 Å². The number of nitrogens with zero attached hydrogens (tertiary/aromatic N) is 7. The molecule has 2 N–H and O–H groups in total. The van der Waals surface area contributed by atoms with E-state index in [1.54, 1.807) is 38.2 Å². The molecule has 4 rings (SSSR count). The maximum atomic E-state index is 13.4. The Bertz CT molecular complexity index is 1360. The van der Waals surface area contributed by atoms with Crippen molar-refractivity contribution < 1.29 is 23.2 Å². The number of allylic oxidation sites excluding steroid dienone is 1. The van der Waals surface area contributed by atoms with E-state index in [4.69, 9.17) is 4.52 Å². The second-order valence-electron chi connectivity index (χ2n) is 8.08. The van der Waals surface area contributed by atoms with Crippen LogP contribution in [-0.2, 0) is 17.4 Å². The van der Waals surface area contributed by atoms with Gasteiger partial charge in [-0.2, -0.15) is 5.10 Å². The van der Waals surface area contributed by atoms with Crippen molar-refractivity contribution in [3.8, 4) is 11.4 Å². The fourth-order valence-corrected chi connectivity index (χ4v) is 3.80. The average Bonchev–Trinajstić information content (AvgIpc) is 3.57. The highest BCUT2D eigenvalue weighted by atomic mass is 19.3. The van der Waals surface area contributed by atoms with Crippen LogP contribution < -0.4 is 5.32 Å². The Morgan fingerprint density at radius 1 is 1.36 bits per heavy atom. The number of carbonyl (C=O) groups is 1. The number of amides is 1. The van der Waals surface area contributed by atoms with Crippen LogP contribution in [-0.4, -0.2) is 62.1 Å². The molecule has 1 amide bonds. The molecular formula is C23H24F2N8O3. The van der Waals surface area contributed by atoms with E-state index < -0.39 is 17.9 Å². The molecule has 1 saturated heterocycles. The summed E-state index contributed by atoms with van der Waals surface area (Å²) in [5.41, 5.74) is -0.495. The molecule has 13 heteroatoms. The molecule has 36 heavy (non-hydrogen) atoms. The predicted octanol–water partition coefficient (Wildman–Crippen LogP) is 2.99. The van der Waals surface area contributed by atoms with Crippen LogP contribution in [0, 0.1) is 0 Å². The molecule has 1 aliphatic rings. The molecule has 1 fully saturated rings. The van der Waals surface area contributed by atoms with Crippen LogP contribution in [0.25, 0.3) is 17.1 Å². The van der Waals surface area contributed by atoms with Crippen molar-refractivity contribution in [3.63, 3.8) is 0 Å². The quantitative estimate of drug-likeness (QED) is 0.394. The van der Waals surface area contributed by atoms with Gasteiger partial charge in [0.15, 0.2) is 5.76 Å². The van der Waals surface area contributed by atoms with Gasteiger partial charge in [-0.3, -0.25) is 9.48 Å². The zero-order valence-electron chi connectivity index (χ0n) is 19.8. The maximum absolute atomic E-state index is 13.4. The Labute approximate surface area is 204 Å². The van der Waals surface area contributed by atoms with Gasteiger partial charge in [0.2, 0.25) is 11.6 Å². The van der Waals surface area contributed by atoms with Crippen molar-refractivity contribution in [2.24, 2.45) is 17.0 Å². The van der Waals surface area contributed by atoms with Gasteiger partial charge in [-0.15, -0.1) is 0 Å². The Balaban J connectivity index is 1.61. The lowest BCUT2D eigenvalue weighted by atomic mass is 9.98. The molecule has 1 aliphatic heterocycles. The van der Waals surface area contributed by atoms with Gasteiger partial charge in [0, 0.05) is 33.1 Å². The lowest BCUT2D eigenvalue weighted by Gasteiger charge is -2.16. The Hall–Kier alpha value is -4.26. The summed E-state index contributed by atoms with van der Waals surface area (Å²) < 4.78 is 33.1. The Kier molecular flexibility index (Phi) is 6.75. The number of alkyl halides is 2. The van der Waals surface area contributed by atoms with E-state index in [-0.39, 0.29) is 29.5 Å². The number of aliphatic hydroxyl groups is 1. The number of pyridine rings is 1. The van der Waals surface area contributed by atoms with E-state index in [1.165, 1.54) is 24.2 Å². The number of aryl methyl sites for hydroxylation is 1. The zero-order chi connectivity index (χ0) is 26.0. The third kappa shape index (κ3) is 4.52. The molecule has 3 aromatic heterocycles. The minimum Gasteiger partial charge on any atom is -0.373 e. The summed E-state index contributed by atoms with van der Waals surface area (Å²) in [6.07, 6.45) is 0.353. The Morgan fingerprint density at radius 2 is 2.14 bits per heavy atom. The molecule has 0 radical (unpaired) electrons. The van der Waals surface area contributed by atoms with Gasteiger partial charge in [0.05, 0.1) is 29.0 Å². The van der Waals surface area contributed by atoms with E-state index in [2.05, 4.69) is 37.3 Å². The smallest absolute Gasteiger partial charge is 0.282 e. The summed E-state index contributed by atoms with van der Waals surface area (Å²) in [7, 11) is 3.01. The van der Waals surface area contributed by atoms with Crippen LogP contribution in [0.4, 0.5) is 14.5 Å². The number of hydrogen-bond donors (Lipinski definition) is 2. The van der Waals surface area contributed by atoms with E-state index in [9.17, 15) is 18.7 Å². The molecule has 0 saturated carbocycles. The number of guanidine groups is 1. The zero-order valence-corrected chi connectivity index (χ0v) is 19.8. The van der Waals surface area contributed by atoms with Crippen molar-refractivity contribution in [2.45, 2.75) is 25.4 Å². The number of rotatable bonds is 6. The van der Waals surface area contributed by atoms with E-state index in [0.717, 1.165) is 4.68 Å². The van der Waals surface area contributed by atoms with Gasteiger partial charge in [-0.1, -0.05) is 17.3 Å². The summed E-state index contributed by atoms with van der Waals surface area (Å²) in [5.74, 6) is -0.449. The van der Waals surface area contributed by atoms with Crippen molar-refractivity contribution in [2.75, 3.05) is 18.9 Å². The van der Waals surface area contributed by atoms with Crippen LogP contribution >= 0.6 is 0 Å². The number of likely N-dealkylation sites (N-methyl/N-ethyl adjacent to an activating group) is 1. The molecule has 4 heterocycles. The fraction of sp³-hybridized carbons (Fsp3) is 0.304. The molecule has 3 aromatic rings. The van der Waals surface area contributed by atoms with Crippen LogP contribution in [0.2, 0.25) is 0 Å². The Morgan fingerprint density at radius 3 is 2.78 bits per heavy atom. The number of anilines is 1. The van der Waals surface area contributed by atoms with Crippen molar-refractivity contribution in [1.29, 1.82) is 0 Å². The summed E-state index contributed by atoms with van der Waals surface area (Å²) in [5, 5.41) is 21.3. The summed E-state index contributed by atoms with van der Waals surface area (Å²) in [6, 6.07) is 6.58. The molecule has 188 valence electrons. The fourth-order valence-electron chi connectivity index (χ4n) is 3.80. The monoisotopic (exact) mass is 498 g/mol. The third-order valence-corrected chi connectivity index (χ3v) is 5.79. The second-order valence-corrected chi connectivity index (χ2v) is 8.08. The lowest BCUT2D eigenvalue weighted by Crippen LogP contribution is -2.35. The van der Waals surface area contributed by atoms with Crippen LogP contribution in [0.5, 0.6) is 0 Å². The number of aliphatic imine (C=N–C) groups is 2. The molecule has 0 aromatic carbocycles. The van der Waals surface area contributed by atoms with Gasteiger partial charge >= 0.3 is 0 Å². The van der Waals surface area contributed by atoms with Crippen LogP contribution in [0.3, 0.4) is 0 Å². The van der Waals surface area contributed by atoms with Gasteiger partial charge in [0.1, 0.15) is 11.4 Å². The van der Waals surface area contributed by atoms with E-state index in [0.29, 0.717) is 29.3 Å². The van der Waals surface area contributed by atoms with Crippen molar-refractivity contribution >= 4 is 30.0 Å². The number of hydrogen-bond acceptors (Lipinski definition) is 7. The standard InChI is InChI=1S/C23H24F2N8O3/c1-5-13(29-22(26-2)30-17-12-27-33(4)19(17)20(24)25)14-7-6-8-15(28-14)16-11-18(36-31-16)23(35)9-10-32(3)21(23)34/h5-8,11-12,20,35H,2,9-10H2,1,3-4H3,(H,29,30)/b13-5-. The third-order valence-electron chi connectivity index (χ3n) is 5.79. The molecule has 0 spiro atoms. The summed E-state index contributed by atoms with van der Waals surface area (Å²) in [6.45, 7) is 5.59. The summed E-state index contributed by atoms with van der Waals surface area (Å²) in [4.78, 5) is 26.5.